The zero-order valence-electron chi connectivity index (χ0n) is 29.5. The Morgan fingerprint density at radius 2 is 0.887 bits per heavy atom. The molecule has 2 aromatic heterocycles. The first-order valence-electron chi connectivity index (χ1n) is 18.0. The fourth-order valence-electron chi connectivity index (χ4n) is 7.91. The maximum absolute atomic E-state index is 5.20. The monoisotopic (exact) mass is 678 g/mol. The SMILES string of the molecule is CC1(C)c2ccccc2-c2ccc(-c3cc(-c4ccccn4)cc(-c4nc(-c5ccc6ccccc6c5)nc(-c5ccc6ccccc6c5)n4)c3)cc21. The maximum atomic E-state index is 5.20. The van der Waals surface area contributed by atoms with Gasteiger partial charge in [0.1, 0.15) is 0 Å². The predicted octanol–water partition coefficient (Wildman–Crippen LogP) is 12.2. The van der Waals surface area contributed by atoms with Gasteiger partial charge in [0.2, 0.25) is 0 Å². The minimum absolute atomic E-state index is 0.110. The van der Waals surface area contributed by atoms with Gasteiger partial charge in [0.15, 0.2) is 17.5 Å². The number of hydrogen-bond acceptors (Lipinski definition) is 4. The summed E-state index contributed by atoms with van der Waals surface area (Å²) in [7, 11) is 0. The third-order valence-electron chi connectivity index (χ3n) is 10.7. The predicted molar refractivity (Wildman–Crippen MR) is 217 cm³/mol. The summed E-state index contributed by atoms with van der Waals surface area (Å²) in [6.07, 6.45) is 1.84. The number of benzene rings is 7. The van der Waals surface area contributed by atoms with E-state index in [2.05, 4.69) is 166 Å². The van der Waals surface area contributed by atoms with Crippen LogP contribution in [0.2, 0.25) is 0 Å². The van der Waals surface area contributed by atoms with E-state index < -0.39 is 0 Å². The van der Waals surface area contributed by atoms with Crippen molar-refractivity contribution in [1.29, 1.82) is 0 Å². The Labute approximate surface area is 308 Å². The van der Waals surface area contributed by atoms with Crippen LogP contribution in [-0.2, 0) is 5.41 Å². The highest BCUT2D eigenvalue weighted by molar-refractivity contribution is 5.89. The minimum atomic E-state index is -0.110. The van der Waals surface area contributed by atoms with Crippen LogP contribution in [0.15, 0.2) is 170 Å². The highest BCUT2D eigenvalue weighted by Gasteiger charge is 2.35. The van der Waals surface area contributed by atoms with Crippen LogP contribution in [0.3, 0.4) is 0 Å². The van der Waals surface area contributed by atoms with Crippen molar-refractivity contribution >= 4 is 21.5 Å². The van der Waals surface area contributed by atoms with Crippen molar-refractivity contribution in [2.45, 2.75) is 19.3 Å². The summed E-state index contributed by atoms with van der Waals surface area (Å²) in [4.78, 5) is 20.3. The highest BCUT2D eigenvalue weighted by Crippen LogP contribution is 2.49. The normalized spacial score (nSPS) is 12.9. The quantitative estimate of drug-likeness (QED) is 0.182. The number of rotatable bonds is 5. The summed E-state index contributed by atoms with van der Waals surface area (Å²) in [5.74, 6) is 1.87. The molecule has 0 bridgehead atoms. The Bertz CT molecular complexity index is 2780. The zero-order valence-corrected chi connectivity index (χ0v) is 29.5. The Balaban J connectivity index is 1.18. The molecular weight excluding hydrogens is 645 g/mol. The number of hydrogen-bond donors (Lipinski definition) is 0. The molecule has 1 aliphatic carbocycles. The average molecular weight is 679 g/mol. The molecule has 0 spiro atoms. The van der Waals surface area contributed by atoms with Crippen molar-refractivity contribution in [3.8, 4) is 67.7 Å². The van der Waals surface area contributed by atoms with Crippen LogP contribution in [0.25, 0.3) is 89.2 Å². The van der Waals surface area contributed by atoms with Gasteiger partial charge in [-0.05, 0) is 103 Å². The van der Waals surface area contributed by atoms with Gasteiger partial charge in [-0.3, -0.25) is 4.98 Å². The molecular formula is C49H34N4. The molecule has 0 atom stereocenters. The summed E-state index contributed by atoms with van der Waals surface area (Å²) < 4.78 is 0. The number of nitrogens with zero attached hydrogens (tertiary/aromatic N) is 4. The third kappa shape index (κ3) is 5.39. The molecule has 0 saturated carbocycles. The lowest BCUT2D eigenvalue weighted by Gasteiger charge is -2.22. The van der Waals surface area contributed by atoms with Gasteiger partial charge in [0, 0.05) is 33.9 Å². The molecule has 0 saturated heterocycles. The van der Waals surface area contributed by atoms with Crippen LogP contribution in [0.4, 0.5) is 0 Å². The van der Waals surface area contributed by atoms with Gasteiger partial charge in [-0.15, -0.1) is 0 Å². The first-order chi connectivity index (χ1) is 26.0. The van der Waals surface area contributed by atoms with Gasteiger partial charge < -0.3 is 0 Å². The van der Waals surface area contributed by atoms with E-state index in [-0.39, 0.29) is 5.41 Å². The Morgan fingerprint density at radius 1 is 0.358 bits per heavy atom. The fourth-order valence-corrected chi connectivity index (χ4v) is 7.91. The lowest BCUT2D eigenvalue weighted by Crippen LogP contribution is -2.14. The van der Waals surface area contributed by atoms with Gasteiger partial charge in [-0.1, -0.05) is 129 Å². The van der Waals surface area contributed by atoms with Crippen molar-refractivity contribution in [1.82, 2.24) is 19.9 Å². The summed E-state index contributed by atoms with van der Waals surface area (Å²) in [5, 5.41) is 4.63. The van der Waals surface area contributed by atoms with E-state index in [9.17, 15) is 0 Å². The Morgan fingerprint density at radius 3 is 1.55 bits per heavy atom. The van der Waals surface area contributed by atoms with E-state index in [0.717, 1.165) is 49.8 Å². The molecule has 0 N–H and O–H groups in total. The molecule has 9 aromatic rings. The first kappa shape index (κ1) is 31.0. The standard InChI is InChI=1S/C49H34N4/c1-49(2)43-16-8-7-15-41(43)42-23-22-35(30-44(42)49)38-27-39(45-17-9-10-24-50-45)29-40(28-38)48-52-46(36-20-18-31-11-3-5-13-33(31)25-36)51-47(53-48)37-21-19-32-12-4-6-14-34(32)26-37/h3-30H,1-2H3. The van der Waals surface area contributed by atoms with Crippen LogP contribution >= 0.6 is 0 Å². The summed E-state index contributed by atoms with van der Waals surface area (Å²) in [6.45, 7) is 4.65. The summed E-state index contributed by atoms with van der Waals surface area (Å²) >= 11 is 0. The molecule has 0 unspecified atom stereocenters. The van der Waals surface area contributed by atoms with Gasteiger partial charge in [0.05, 0.1) is 5.69 Å². The van der Waals surface area contributed by atoms with Crippen LogP contribution in [0.5, 0.6) is 0 Å². The minimum Gasteiger partial charge on any atom is -0.256 e. The average Bonchev–Trinajstić information content (AvgIpc) is 3.45. The molecule has 7 aromatic carbocycles. The molecule has 1 aliphatic rings. The van der Waals surface area contributed by atoms with E-state index in [0.29, 0.717) is 17.5 Å². The Hall–Kier alpha value is -6.78. The van der Waals surface area contributed by atoms with Crippen molar-refractivity contribution in [2.75, 3.05) is 0 Å². The first-order valence-corrected chi connectivity index (χ1v) is 18.0. The molecule has 0 amide bonds. The van der Waals surface area contributed by atoms with Crippen molar-refractivity contribution < 1.29 is 0 Å². The largest absolute Gasteiger partial charge is 0.256 e. The topological polar surface area (TPSA) is 51.6 Å². The van der Waals surface area contributed by atoms with Crippen molar-refractivity contribution in [3.63, 3.8) is 0 Å². The summed E-state index contributed by atoms with van der Waals surface area (Å²) in [6, 6.07) is 57.9. The molecule has 4 heteroatoms. The molecule has 10 rings (SSSR count). The number of fused-ring (bicyclic) bond motifs is 5. The fraction of sp³-hybridized carbons (Fsp3) is 0.0612. The van der Waals surface area contributed by atoms with E-state index in [1.165, 1.54) is 33.0 Å². The van der Waals surface area contributed by atoms with Crippen LogP contribution < -0.4 is 0 Å². The molecule has 250 valence electrons. The van der Waals surface area contributed by atoms with Gasteiger partial charge in [0.25, 0.3) is 0 Å². The van der Waals surface area contributed by atoms with E-state index in [1.54, 1.807) is 0 Å². The Kier molecular flexibility index (Phi) is 7.12. The molecule has 0 radical (unpaired) electrons. The second kappa shape index (κ2) is 12.2. The molecule has 4 nitrogen and oxygen atoms in total. The second-order valence-corrected chi connectivity index (χ2v) is 14.4. The number of aromatic nitrogens is 4. The van der Waals surface area contributed by atoms with Gasteiger partial charge in [-0.25, -0.2) is 15.0 Å². The van der Waals surface area contributed by atoms with Crippen molar-refractivity contribution in [2.24, 2.45) is 0 Å². The van der Waals surface area contributed by atoms with Crippen molar-refractivity contribution in [3.05, 3.63) is 181 Å². The second-order valence-electron chi connectivity index (χ2n) is 14.4. The number of pyridine rings is 1. The molecule has 53 heavy (non-hydrogen) atoms. The summed E-state index contributed by atoms with van der Waals surface area (Å²) in [5.41, 5.74) is 12.1. The van der Waals surface area contributed by atoms with Gasteiger partial charge in [-0.2, -0.15) is 0 Å². The third-order valence-corrected chi connectivity index (χ3v) is 10.7. The van der Waals surface area contributed by atoms with Crippen LogP contribution in [-0.4, -0.2) is 19.9 Å². The van der Waals surface area contributed by atoms with E-state index >= 15 is 0 Å². The highest BCUT2D eigenvalue weighted by atomic mass is 15.0. The lowest BCUT2D eigenvalue weighted by molar-refractivity contribution is 0.660. The van der Waals surface area contributed by atoms with E-state index in [4.69, 9.17) is 19.9 Å². The lowest BCUT2D eigenvalue weighted by atomic mass is 9.81. The van der Waals surface area contributed by atoms with Gasteiger partial charge >= 0.3 is 0 Å². The van der Waals surface area contributed by atoms with Crippen LogP contribution in [0.1, 0.15) is 25.0 Å². The van der Waals surface area contributed by atoms with E-state index in [1.807, 2.05) is 18.3 Å². The van der Waals surface area contributed by atoms with Crippen LogP contribution in [0, 0.1) is 0 Å². The molecule has 2 heterocycles. The maximum Gasteiger partial charge on any atom is 0.164 e. The molecule has 0 aliphatic heterocycles. The molecule has 0 fully saturated rings. The zero-order chi connectivity index (χ0) is 35.5. The smallest absolute Gasteiger partial charge is 0.164 e.